The Labute approximate surface area is 109 Å². The highest BCUT2D eigenvalue weighted by atomic mass is 14.7. The largest absolute Gasteiger partial charge is 0.330 e. The van der Waals surface area contributed by atoms with Crippen molar-refractivity contribution < 1.29 is 0 Å². The van der Waals surface area contributed by atoms with E-state index in [1.165, 1.54) is 11.1 Å². The van der Waals surface area contributed by atoms with E-state index in [0.29, 0.717) is 5.92 Å². The van der Waals surface area contributed by atoms with Gasteiger partial charge in [-0.3, -0.25) is 4.98 Å². The highest BCUT2D eigenvalue weighted by Gasteiger charge is 2.08. The number of hydrogen-bond donors (Lipinski definition) is 1. The molecule has 2 rings (SSSR count). The quantitative estimate of drug-likeness (QED) is 0.867. The minimum Gasteiger partial charge on any atom is -0.330 e. The molecule has 1 aromatic carbocycles. The molecule has 0 saturated heterocycles. The van der Waals surface area contributed by atoms with Crippen molar-refractivity contribution in [2.24, 2.45) is 5.73 Å². The third-order valence-corrected chi connectivity index (χ3v) is 3.35. The maximum atomic E-state index is 5.65. The molecule has 2 aromatic rings. The van der Waals surface area contributed by atoms with Crippen LogP contribution in [-0.2, 0) is 0 Å². The molecular formula is C16H20N2. The smallest absolute Gasteiger partial charge is 0.0701 e. The van der Waals surface area contributed by atoms with Crippen LogP contribution in [0.2, 0.25) is 0 Å². The molecule has 0 aliphatic rings. The van der Waals surface area contributed by atoms with Crippen molar-refractivity contribution in [3.63, 3.8) is 0 Å². The summed E-state index contributed by atoms with van der Waals surface area (Å²) in [6, 6.07) is 14.7. The minimum absolute atomic E-state index is 0.577. The predicted molar refractivity (Wildman–Crippen MR) is 76.4 cm³/mol. The second-order valence-electron chi connectivity index (χ2n) is 4.52. The average Bonchev–Trinajstić information content (AvgIpc) is 2.46. The summed E-state index contributed by atoms with van der Waals surface area (Å²) in [6.45, 7) is 2.97. The van der Waals surface area contributed by atoms with E-state index in [2.05, 4.69) is 36.2 Å². The van der Waals surface area contributed by atoms with Crippen molar-refractivity contribution in [2.45, 2.75) is 25.7 Å². The van der Waals surface area contributed by atoms with Crippen molar-refractivity contribution in [1.29, 1.82) is 0 Å². The van der Waals surface area contributed by atoms with Gasteiger partial charge < -0.3 is 5.73 Å². The molecule has 2 nitrogen and oxygen atoms in total. The fourth-order valence-corrected chi connectivity index (χ4v) is 2.27. The molecule has 2 heteroatoms. The lowest BCUT2D eigenvalue weighted by molar-refractivity contribution is 0.614. The van der Waals surface area contributed by atoms with E-state index < -0.39 is 0 Å². The molecule has 0 saturated carbocycles. The van der Waals surface area contributed by atoms with Gasteiger partial charge >= 0.3 is 0 Å². The van der Waals surface area contributed by atoms with Crippen molar-refractivity contribution >= 4 is 0 Å². The Kier molecular flexibility index (Phi) is 4.48. The highest BCUT2D eigenvalue weighted by Crippen LogP contribution is 2.25. The molecule has 1 aromatic heterocycles. The lowest BCUT2D eigenvalue weighted by atomic mass is 9.92. The zero-order valence-electron chi connectivity index (χ0n) is 10.8. The molecular weight excluding hydrogens is 220 g/mol. The molecule has 0 aliphatic heterocycles. The van der Waals surface area contributed by atoms with E-state index >= 15 is 0 Å². The molecule has 0 spiro atoms. The lowest BCUT2D eigenvalue weighted by Crippen LogP contribution is -2.06. The fraction of sp³-hybridized carbons (Fsp3) is 0.312. The molecule has 0 fully saturated rings. The molecule has 18 heavy (non-hydrogen) atoms. The van der Waals surface area contributed by atoms with Crippen LogP contribution in [-0.4, -0.2) is 11.5 Å². The van der Waals surface area contributed by atoms with Crippen LogP contribution in [0.1, 0.15) is 31.2 Å². The molecule has 0 amide bonds. The van der Waals surface area contributed by atoms with Gasteiger partial charge in [-0.2, -0.15) is 0 Å². The first-order valence-electron chi connectivity index (χ1n) is 6.56. The number of nitrogens with two attached hydrogens (primary N) is 1. The first-order chi connectivity index (χ1) is 8.85. The van der Waals surface area contributed by atoms with Crippen LogP contribution in [0.15, 0.2) is 48.7 Å². The molecule has 0 bridgehead atoms. The maximum Gasteiger partial charge on any atom is 0.0701 e. The third-order valence-electron chi connectivity index (χ3n) is 3.35. The van der Waals surface area contributed by atoms with Gasteiger partial charge in [-0.1, -0.05) is 37.3 Å². The summed E-state index contributed by atoms with van der Waals surface area (Å²) in [6.07, 6.45) is 4.02. The Morgan fingerprint density at radius 1 is 1.11 bits per heavy atom. The van der Waals surface area contributed by atoms with Gasteiger partial charge in [-0.05, 0) is 43.0 Å². The number of rotatable bonds is 5. The summed E-state index contributed by atoms with van der Waals surface area (Å²) in [7, 11) is 0. The summed E-state index contributed by atoms with van der Waals surface area (Å²) in [5.74, 6) is 0.577. The standard InChI is InChI=1S/C16H20N2/c1-2-13(10-11-17)14-6-8-15(9-7-14)16-5-3-4-12-18-16/h3-9,12-13H,2,10-11,17H2,1H3. The Balaban J connectivity index is 2.19. The average molecular weight is 240 g/mol. The lowest BCUT2D eigenvalue weighted by Gasteiger charge is -2.14. The van der Waals surface area contributed by atoms with Crippen LogP contribution in [0.4, 0.5) is 0 Å². The fourth-order valence-electron chi connectivity index (χ4n) is 2.27. The highest BCUT2D eigenvalue weighted by molar-refractivity contribution is 5.59. The maximum absolute atomic E-state index is 5.65. The van der Waals surface area contributed by atoms with Gasteiger partial charge in [0.2, 0.25) is 0 Å². The van der Waals surface area contributed by atoms with Gasteiger partial charge in [0.05, 0.1) is 5.69 Å². The Morgan fingerprint density at radius 2 is 1.89 bits per heavy atom. The van der Waals surface area contributed by atoms with Crippen molar-refractivity contribution in [3.05, 3.63) is 54.2 Å². The van der Waals surface area contributed by atoms with Crippen LogP contribution in [0.5, 0.6) is 0 Å². The Bertz CT molecular complexity index is 462. The van der Waals surface area contributed by atoms with Gasteiger partial charge in [0.15, 0.2) is 0 Å². The van der Waals surface area contributed by atoms with Crippen LogP contribution in [0.3, 0.4) is 0 Å². The van der Waals surface area contributed by atoms with Crippen molar-refractivity contribution in [2.75, 3.05) is 6.54 Å². The Morgan fingerprint density at radius 3 is 2.44 bits per heavy atom. The summed E-state index contributed by atoms with van der Waals surface area (Å²) < 4.78 is 0. The first-order valence-corrected chi connectivity index (χ1v) is 6.56. The molecule has 0 aliphatic carbocycles. The number of nitrogens with zero attached hydrogens (tertiary/aromatic N) is 1. The van der Waals surface area contributed by atoms with Crippen molar-refractivity contribution in [1.82, 2.24) is 4.98 Å². The van der Waals surface area contributed by atoms with E-state index in [1.807, 2.05) is 24.4 Å². The second kappa shape index (κ2) is 6.31. The normalized spacial score (nSPS) is 12.3. The molecule has 2 N–H and O–H groups in total. The monoisotopic (exact) mass is 240 g/mol. The van der Waals surface area contributed by atoms with Crippen LogP contribution in [0.25, 0.3) is 11.3 Å². The first kappa shape index (κ1) is 12.8. The van der Waals surface area contributed by atoms with Crippen LogP contribution >= 0.6 is 0 Å². The van der Waals surface area contributed by atoms with Gasteiger partial charge in [0, 0.05) is 11.8 Å². The van der Waals surface area contributed by atoms with Gasteiger partial charge in [-0.25, -0.2) is 0 Å². The van der Waals surface area contributed by atoms with Gasteiger partial charge in [0.1, 0.15) is 0 Å². The van der Waals surface area contributed by atoms with E-state index in [-0.39, 0.29) is 0 Å². The zero-order valence-corrected chi connectivity index (χ0v) is 10.8. The van der Waals surface area contributed by atoms with Gasteiger partial charge in [-0.15, -0.1) is 0 Å². The topological polar surface area (TPSA) is 38.9 Å². The second-order valence-corrected chi connectivity index (χ2v) is 4.52. The zero-order chi connectivity index (χ0) is 12.8. The third kappa shape index (κ3) is 2.96. The molecule has 1 unspecified atom stereocenters. The summed E-state index contributed by atoms with van der Waals surface area (Å²) >= 11 is 0. The van der Waals surface area contributed by atoms with E-state index in [1.54, 1.807) is 0 Å². The number of hydrogen-bond acceptors (Lipinski definition) is 2. The molecule has 0 radical (unpaired) electrons. The van der Waals surface area contributed by atoms with Crippen molar-refractivity contribution in [3.8, 4) is 11.3 Å². The summed E-state index contributed by atoms with van der Waals surface area (Å²) in [4.78, 5) is 4.36. The Hall–Kier alpha value is -1.67. The molecule has 1 atom stereocenters. The summed E-state index contributed by atoms with van der Waals surface area (Å²) in [5, 5.41) is 0. The van der Waals surface area contributed by atoms with Gasteiger partial charge in [0.25, 0.3) is 0 Å². The number of aromatic nitrogens is 1. The predicted octanol–water partition coefficient (Wildman–Crippen LogP) is 3.59. The van der Waals surface area contributed by atoms with Crippen LogP contribution < -0.4 is 5.73 Å². The van der Waals surface area contributed by atoms with E-state index in [4.69, 9.17) is 5.73 Å². The van der Waals surface area contributed by atoms with E-state index in [9.17, 15) is 0 Å². The number of benzene rings is 1. The SMILES string of the molecule is CCC(CCN)c1ccc(-c2ccccn2)cc1. The van der Waals surface area contributed by atoms with Crippen LogP contribution in [0, 0.1) is 0 Å². The molecule has 1 heterocycles. The summed E-state index contributed by atoms with van der Waals surface area (Å²) in [5.41, 5.74) is 9.22. The minimum atomic E-state index is 0.577. The van der Waals surface area contributed by atoms with E-state index in [0.717, 1.165) is 25.1 Å². The molecule has 94 valence electrons. The number of pyridine rings is 1.